The van der Waals surface area contributed by atoms with Gasteiger partial charge in [-0.3, -0.25) is 0 Å². The van der Waals surface area contributed by atoms with Crippen LogP contribution in [0.2, 0.25) is 0 Å². The van der Waals surface area contributed by atoms with Crippen molar-refractivity contribution in [3.63, 3.8) is 0 Å². The maximum Gasteiger partial charge on any atom is 0.336 e. The highest BCUT2D eigenvalue weighted by molar-refractivity contribution is 5.90. The highest BCUT2D eigenvalue weighted by atomic mass is 35.5. The summed E-state index contributed by atoms with van der Waals surface area (Å²) in [7, 11) is 0. The molecule has 0 bridgehead atoms. The minimum atomic E-state index is -3.73. The molecule has 0 unspecified atom stereocenters. The highest BCUT2D eigenvalue weighted by Gasteiger charge is 2.41. The highest BCUT2D eigenvalue weighted by Crippen LogP contribution is 2.37. The predicted octanol–water partition coefficient (Wildman–Crippen LogP) is 1.45. The van der Waals surface area contributed by atoms with Crippen LogP contribution < -0.4 is 5.73 Å². The number of aryl methyl sites for hydroxylation is 1. The lowest BCUT2D eigenvalue weighted by Crippen LogP contribution is -2.37. The van der Waals surface area contributed by atoms with E-state index in [0.29, 0.717) is 0 Å². The third-order valence-electron chi connectivity index (χ3n) is 2.63. The fourth-order valence-electron chi connectivity index (χ4n) is 1.53. The molecule has 0 aliphatic carbocycles. The molecule has 0 saturated carbocycles. The van der Waals surface area contributed by atoms with Crippen LogP contribution in [0.5, 0.6) is 5.75 Å². The molecule has 1 aromatic carbocycles. The van der Waals surface area contributed by atoms with E-state index in [1.807, 2.05) is 0 Å². The molecule has 0 saturated heterocycles. The van der Waals surface area contributed by atoms with E-state index >= 15 is 0 Å². The lowest BCUT2D eigenvalue weighted by atomic mass is 9.93. The van der Waals surface area contributed by atoms with Gasteiger partial charge in [0.25, 0.3) is 5.92 Å². The fourth-order valence-corrected chi connectivity index (χ4v) is 1.53. The molecule has 5 N–H and O–H groups in total. The number of phenolic OH excluding ortho intramolecular Hbond substituents is 1. The zero-order valence-corrected chi connectivity index (χ0v) is 10.7. The summed E-state index contributed by atoms with van der Waals surface area (Å²) in [5.74, 6) is -5.81. The molecule has 0 aromatic heterocycles. The first kappa shape index (κ1) is 17.6. The molecular formula is C11H14ClF2NO4. The molecule has 8 heteroatoms. The normalized spacial score (nSPS) is 12.7. The van der Waals surface area contributed by atoms with Crippen molar-refractivity contribution in [2.24, 2.45) is 5.73 Å². The van der Waals surface area contributed by atoms with Gasteiger partial charge in [0, 0.05) is 5.56 Å². The summed E-state index contributed by atoms with van der Waals surface area (Å²) in [6, 6.07) is 0.264. The second-order valence-electron chi connectivity index (χ2n) is 3.89. The third kappa shape index (κ3) is 3.31. The molecule has 0 heterocycles. The Morgan fingerprint density at radius 1 is 1.47 bits per heavy atom. The number of halogens is 3. The molecule has 0 fully saturated rings. The minimum absolute atomic E-state index is 0. The fraction of sp³-hybridized carbons (Fsp3) is 0.364. The molecule has 1 atom stereocenters. The second kappa shape index (κ2) is 6.14. The van der Waals surface area contributed by atoms with Crippen LogP contribution in [0.3, 0.4) is 0 Å². The summed E-state index contributed by atoms with van der Waals surface area (Å²) in [5, 5.41) is 27.1. The van der Waals surface area contributed by atoms with Gasteiger partial charge in [0.15, 0.2) is 0 Å². The van der Waals surface area contributed by atoms with Crippen LogP contribution in [0.4, 0.5) is 8.78 Å². The van der Waals surface area contributed by atoms with Gasteiger partial charge in [-0.25, -0.2) is 13.6 Å². The van der Waals surface area contributed by atoms with Gasteiger partial charge in [0.05, 0.1) is 5.56 Å². The van der Waals surface area contributed by atoms with Crippen LogP contribution in [0.25, 0.3) is 0 Å². The minimum Gasteiger partial charge on any atom is -0.507 e. The number of phenols is 1. The Balaban J connectivity index is 0.00000324. The van der Waals surface area contributed by atoms with Crippen LogP contribution in [0.15, 0.2) is 12.1 Å². The third-order valence-corrected chi connectivity index (χ3v) is 2.63. The van der Waals surface area contributed by atoms with Crippen molar-refractivity contribution < 1.29 is 28.9 Å². The van der Waals surface area contributed by atoms with Gasteiger partial charge in [0.1, 0.15) is 18.4 Å². The Labute approximate surface area is 114 Å². The number of benzene rings is 1. The van der Waals surface area contributed by atoms with E-state index in [1.54, 1.807) is 0 Å². The summed E-state index contributed by atoms with van der Waals surface area (Å²) < 4.78 is 26.6. The molecule has 1 rings (SSSR count). The molecule has 0 radical (unpaired) electrons. The monoisotopic (exact) mass is 297 g/mol. The largest absolute Gasteiger partial charge is 0.507 e. The van der Waals surface area contributed by atoms with Crippen LogP contribution in [-0.4, -0.2) is 33.8 Å². The summed E-state index contributed by atoms with van der Waals surface area (Å²) in [6.07, 6.45) is 0. The number of carboxylic acid groups (broad SMARTS) is 1. The van der Waals surface area contributed by atoms with Gasteiger partial charge >= 0.3 is 5.97 Å². The molecule has 0 aliphatic heterocycles. The zero-order valence-electron chi connectivity index (χ0n) is 9.93. The van der Waals surface area contributed by atoms with Gasteiger partial charge in [-0.05, 0) is 18.6 Å². The number of hydrogen-bond acceptors (Lipinski definition) is 4. The van der Waals surface area contributed by atoms with Crippen molar-refractivity contribution in [2.45, 2.75) is 18.9 Å². The van der Waals surface area contributed by atoms with Crippen LogP contribution in [0, 0.1) is 6.92 Å². The average Bonchev–Trinajstić information content (AvgIpc) is 2.31. The number of carboxylic acids is 1. The van der Waals surface area contributed by atoms with E-state index in [4.69, 9.17) is 15.9 Å². The van der Waals surface area contributed by atoms with Crippen molar-refractivity contribution in [1.82, 2.24) is 0 Å². The maximum atomic E-state index is 13.3. The molecular weight excluding hydrogens is 284 g/mol. The van der Waals surface area contributed by atoms with Gasteiger partial charge < -0.3 is 21.1 Å². The Hall–Kier alpha value is -1.44. The number of rotatable bonds is 4. The van der Waals surface area contributed by atoms with E-state index in [0.717, 1.165) is 6.07 Å². The van der Waals surface area contributed by atoms with E-state index in [-0.39, 0.29) is 18.0 Å². The summed E-state index contributed by atoms with van der Waals surface area (Å²) in [4.78, 5) is 10.9. The first-order valence-electron chi connectivity index (χ1n) is 5.02. The number of aromatic hydroxyl groups is 1. The van der Waals surface area contributed by atoms with Crippen LogP contribution in [0.1, 0.15) is 27.5 Å². The smallest absolute Gasteiger partial charge is 0.336 e. The van der Waals surface area contributed by atoms with Gasteiger partial charge in [-0.15, -0.1) is 12.4 Å². The van der Waals surface area contributed by atoms with Crippen LogP contribution >= 0.6 is 12.4 Å². The van der Waals surface area contributed by atoms with E-state index < -0.39 is 41.4 Å². The Morgan fingerprint density at radius 3 is 2.42 bits per heavy atom. The van der Waals surface area contributed by atoms with Crippen molar-refractivity contribution in [2.75, 3.05) is 6.61 Å². The molecule has 1 aromatic rings. The maximum absolute atomic E-state index is 13.3. The van der Waals surface area contributed by atoms with Gasteiger partial charge in [0.2, 0.25) is 0 Å². The number of aliphatic hydroxyl groups excluding tert-OH is 1. The average molecular weight is 298 g/mol. The van der Waals surface area contributed by atoms with Gasteiger partial charge in [-0.1, -0.05) is 6.07 Å². The molecule has 0 spiro atoms. The Bertz CT molecular complexity index is 482. The van der Waals surface area contributed by atoms with Crippen molar-refractivity contribution in [3.8, 4) is 5.75 Å². The second-order valence-corrected chi connectivity index (χ2v) is 3.89. The summed E-state index contributed by atoms with van der Waals surface area (Å²) >= 11 is 0. The van der Waals surface area contributed by atoms with Gasteiger partial charge in [-0.2, -0.15) is 0 Å². The molecule has 19 heavy (non-hydrogen) atoms. The number of alkyl halides is 2. The lowest BCUT2D eigenvalue weighted by Gasteiger charge is -2.24. The predicted molar refractivity (Wildman–Crippen MR) is 66.0 cm³/mol. The molecule has 5 nitrogen and oxygen atoms in total. The number of carbonyl (C=O) groups is 1. The van der Waals surface area contributed by atoms with Crippen molar-refractivity contribution in [1.29, 1.82) is 0 Å². The summed E-state index contributed by atoms with van der Waals surface area (Å²) in [5.41, 5.74) is 4.38. The topological polar surface area (TPSA) is 104 Å². The zero-order chi connectivity index (χ0) is 14.1. The molecule has 0 amide bonds. The van der Waals surface area contributed by atoms with E-state index in [1.165, 1.54) is 13.0 Å². The van der Waals surface area contributed by atoms with Crippen LogP contribution in [-0.2, 0) is 0 Å². The quantitative estimate of drug-likeness (QED) is 0.673. The summed E-state index contributed by atoms with van der Waals surface area (Å²) in [6.45, 7) is -0.116. The first-order chi connectivity index (χ1) is 8.22. The lowest BCUT2D eigenvalue weighted by molar-refractivity contribution is -0.0717. The Morgan fingerprint density at radius 2 is 2.00 bits per heavy atom. The van der Waals surface area contributed by atoms with E-state index in [9.17, 15) is 18.7 Å². The standard InChI is InChI=1S/C11H13F2NO4.ClH/c1-5-2-3-6(10(17)18)7(8(5)16)9(14)11(12,13)4-15;/h2-3,9,15-16H,4,14H2,1H3,(H,17,18);1H/t9-;/m0./s1. The number of aliphatic hydroxyl groups is 1. The first-order valence-corrected chi connectivity index (χ1v) is 5.02. The molecule has 108 valence electrons. The van der Waals surface area contributed by atoms with E-state index in [2.05, 4.69) is 0 Å². The Kier molecular flexibility index (Phi) is 5.67. The SMILES string of the molecule is Cc1ccc(C(=O)O)c([C@H](N)C(F)(F)CO)c1O.Cl. The van der Waals surface area contributed by atoms with Crippen molar-refractivity contribution in [3.05, 3.63) is 28.8 Å². The molecule has 0 aliphatic rings. The number of aromatic carboxylic acids is 1. The number of hydrogen-bond donors (Lipinski definition) is 4. The number of nitrogens with two attached hydrogens (primary N) is 1. The van der Waals surface area contributed by atoms with Crippen molar-refractivity contribution >= 4 is 18.4 Å².